The molecule has 2 aromatic carbocycles. The molecule has 0 aliphatic carbocycles. The minimum Gasteiger partial charge on any atom is -0.117 e. The molecule has 0 heterocycles. The van der Waals surface area contributed by atoms with E-state index >= 15 is 0 Å². The Morgan fingerprint density at radius 3 is 1.89 bits per heavy atom. The van der Waals surface area contributed by atoms with Crippen LogP contribution in [0.15, 0.2) is 54.6 Å². The molecular formula is C17H18Cl2. The molecule has 2 unspecified atom stereocenters. The summed E-state index contributed by atoms with van der Waals surface area (Å²) in [5, 5.41) is 0.702. The summed E-state index contributed by atoms with van der Waals surface area (Å²) in [6.45, 7) is 4.42. The lowest BCUT2D eigenvalue weighted by molar-refractivity contribution is 0.484. The summed E-state index contributed by atoms with van der Waals surface area (Å²) in [5.74, 6) is 0.768. The fourth-order valence-corrected chi connectivity index (χ4v) is 3.13. The zero-order chi connectivity index (χ0) is 13.8. The van der Waals surface area contributed by atoms with Crippen molar-refractivity contribution in [3.05, 3.63) is 70.7 Å². The van der Waals surface area contributed by atoms with Crippen LogP contribution in [0.2, 0.25) is 5.02 Å². The molecule has 0 spiro atoms. The Bertz CT molecular complexity index is 503. The van der Waals surface area contributed by atoms with E-state index < -0.39 is 0 Å². The molecule has 0 aliphatic rings. The quantitative estimate of drug-likeness (QED) is 0.601. The Hall–Kier alpha value is -0.980. The first kappa shape index (κ1) is 14.4. The summed E-state index contributed by atoms with van der Waals surface area (Å²) in [5.41, 5.74) is 2.40. The van der Waals surface area contributed by atoms with Gasteiger partial charge in [0.25, 0.3) is 0 Å². The maximum absolute atomic E-state index is 6.71. The molecule has 2 heteroatoms. The highest BCUT2D eigenvalue weighted by atomic mass is 35.5. The van der Waals surface area contributed by atoms with Crippen molar-refractivity contribution < 1.29 is 0 Å². The van der Waals surface area contributed by atoms with Gasteiger partial charge in [-0.05, 0) is 29.2 Å². The molecule has 2 aromatic rings. The van der Waals surface area contributed by atoms with E-state index in [4.69, 9.17) is 23.2 Å². The first-order valence-electron chi connectivity index (χ1n) is 6.54. The molecule has 0 amide bonds. The van der Waals surface area contributed by atoms with Crippen LogP contribution in [0.1, 0.15) is 36.3 Å². The largest absolute Gasteiger partial charge is 0.117 e. The van der Waals surface area contributed by atoms with Crippen LogP contribution in [0.4, 0.5) is 0 Å². The Morgan fingerprint density at radius 1 is 0.789 bits per heavy atom. The molecule has 0 aromatic heterocycles. The van der Waals surface area contributed by atoms with Crippen LogP contribution in [0.25, 0.3) is 0 Å². The predicted octanol–water partition coefficient (Wildman–Crippen LogP) is 6.06. The Labute approximate surface area is 125 Å². The molecule has 0 nitrogen and oxygen atoms in total. The highest BCUT2D eigenvalue weighted by molar-refractivity contribution is 6.30. The molecule has 0 saturated heterocycles. The van der Waals surface area contributed by atoms with Crippen LogP contribution in [-0.2, 0) is 0 Å². The van der Waals surface area contributed by atoms with E-state index in [1.54, 1.807) is 0 Å². The van der Waals surface area contributed by atoms with Gasteiger partial charge < -0.3 is 0 Å². The molecule has 2 rings (SSSR count). The summed E-state index contributed by atoms with van der Waals surface area (Å²) in [7, 11) is 0. The van der Waals surface area contributed by atoms with Gasteiger partial charge in [0.05, 0.1) is 5.38 Å². The summed E-state index contributed by atoms with van der Waals surface area (Å²) in [6.07, 6.45) is 0. The lowest BCUT2D eigenvalue weighted by Gasteiger charge is -2.26. The molecule has 0 aliphatic heterocycles. The van der Waals surface area contributed by atoms with Crippen LogP contribution < -0.4 is 0 Å². The average Bonchev–Trinajstić information content (AvgIpc) is 2.40. The van der Waals surface area contributed by atoms with E-state index in [1.165, 1.54) is 5.56 Å². The number of benzene rings is 2. The maximum atomic E-state index is 6.71. The molecule has 100 valence electrons. The van der Waals surface area contributed by atoms with E-state index in [1.807, 2.05) is 30.3 Å². The van der Waals surface area contributed by atoms with Gasteiger partial charge in [0.1, 0.15) is 0 Å². The van der Waals surface area contributed by atoms with Crippen molar-refractivity contribution in [1.82, 2.24) is 0 Å². The van der Waals surface area contributed by atoms with Crippen molar-refractivity contribution >= 4 is 23.2 Å². The number of rotatable bonds is 4. The molecule has 19 heavy (non-hydrogen) atoms. The van der Waals surface area contributed by atoms with E-state index in [2.05, 4.69) is 38.1 Å². The topological polar surface area (TPSA) is 0 Å². The summed E-state index contributed by atoms with van der Waals surface area (Å²) in [4.78, 5) is 0. The molecular weight excluding hydrogens is 275 g/mol. The van der Waals surface area contributed by atoms with Crippen LogP contribution in [0.5, 0.6) is 0 Å². The zero-order valence-corrected chi connectivity index (χ0v) is 12.7. The fraction of sp³-hybridized carbons (Fsp3) is 0.294. The van der Waals surface area contributed by atoms with Crippen LogP contribution >= 0.6 is 23.2 Å². The van der Waals surface area contributed by atoms with Crippen LogP contribution in [0.3, 0.4) is 0 Å². The van der Waals surface area contributed by atoms with E-state index in [-0.39, 0.29) is 5.38 Å². The predicted molar refractivity (Wildman–Crippen MR) is 84.1 cm³/mol. The third-order valence-electron chi connectivity index (χ3n) is 3.41. The molecule has 0 N–H and O–H groups in total. The normalized spacial score (nSPS) is 14.4. The Balaban J connectivity index is 2.32. The number of alkyl halides is 1. The second-order valence-electron chi connectivity index (χ2n) is 5.13. The maximum Gasteiger partial charge on any atom is 0.0656 e. The van der Waals surface area contributed by atoms with Gasteiger partial charge in [-0.15, -0.1) is 11.6 Å². The summed E-state index contributed by atoms with van der Waals surface area (Å²) < 4.78 is 0. The van der Waals surface area contributed by atoms with E-state index in [0.717, 1.165) is 10.6 Å². The second kappa shape index (κ2) is 6.45. The third kappa shape index (κ3) is 3.52. The zero-order valence-electron chi connectivity index (χ0n) is 11.2. The first-order chi connectivity index (χ1) is 9.09. The minimum atomic E-state index is -0.0420. The van der Waals surface area contributed by atoms with Crippen molar-refractivity contribution in [2.75, 3.05) is 0 Å². The molecule has 2 atom stereocenters. The highest BCUT2D eigenvalue weighted by Gasteiger charge is 2.25. The fourth-order valence-electron chi connectivity index (χ4n) is 2.42. The minimum absolute atomic E-state index is 0.0420. The van der Waals surface area contributed by atoms with Crippen LogP contribution in [-0.4, -0.2) is 0 Å². The number of halogens is 2. The molecule has 0 bridgehead atoms. The lowest BCUT2D eigenvalue weighted by atomic mass is 9.83. The molecule has 0 fully saturated rings. The Morgan fingerprint density at radius 2 is 1.37 bits per heavy atom. The third-order valence-corrected chi connectivity index (χ3v) is 4.18. The SMILES string of the molecule is CC(C)C(c1ccccc1)C(Cl)c1ccc(Cl)cc1. The monoisotopic (exact) mass is 292 g/mol. The standard InChI is InChI=1S/C17H18Cl2/c1-12(2)16(13-6-4-3-5-7-13)17(19)14-8-10-15(18)11-9-14/h3-12,16-17H,1-2H3. The van der Waals surface area contributed by atoms with Gasteiger partial charge in [0, 0.05) is 10.9 Å². The highest BCUT2D eigenvalue weighted by Crippen LogP contribution is 2.41. The molecule has 0 saturated carbocycles. The second-order valence-corrected chi connectivity index (χ2v) is 6.04. The first-order valence-corrected chi connectivity index (χ1v) is 7.35. The van der Waals surface area contributed by atoms with Crippen molar-refractivity contribution in [2.45, 2.75) is 25.1 Å². The van der Waals surface area contributed by atoms with E-state index in [0.29, 0.717) is 11.8 Å². The van der Waals surface area contributed by atoms with Gasteiger partial charge in [-0.2, -0.15) is 0 Å². The van der Waals surface area contributed by atoms with Crippen molar-refractivity contribution in [3.8, 4) is 0 Å². The lowest BCUT2D eigenvalue weighted by Crippen LogP contribution is -2.13. The Kier molecular flexibility index (Phi) is 4.90. The van der Waals surface area contributed by atoms with Crippen molar-refractivity contribution in [1.29, 1.82) is 0 Å². The summed E-state index contributed by atoms with van der Waals surface area (Å²) >= 11 is 12.6. The van der Waals surface area contributed by atoms with Gasteiger partial charge in [-0.3, -0.25) is 0 Å². The van der Waals surface area contributed by atoms with E-state index in [9.17, 15) is 0 Å². The number of hydrogen-bond donors (Lipinski definition) is 0. The van der Waals surface area contributed by atoms with Crippen LogP contribution in [0, 0.1) is 5.92 Å². The van der Waals surface area contributed by atoms with Gasteiger partial charge in [0.2, 0.25) is 0 Å². The van der Waals surface area contributed by atoms with Gasteiger partial charge >= 0.3 is 0 Å². The van der Waals surface area contributed by atoms with Crippen molar-refractivity contribution in [2.24, 2.45) is 5.92 Å². The van der Waals surface area contributed by atoms with Gasteiger partial charge in [0.15, 0.2) is 0 Å². The average molecular weight is 293 g/mol. The number of hydrogen-bond acceptors (Lipinski definition) is 0. The van der Waals surface area contributed by atoms with Gasteiger partial charge in [-0.1, -0.05) is 67.9 Å². The molecule has 0 radical (unpaired) electrons. The van der Waals surface area contributed by atoms with Gasteiger partial charge in [-0.25, -0.2) is 0 Å². The summed E-state index contributed by atoms with van der Waals surface area (Å²) in [6, 6.07) is 18.3. The van der Waals surface area contributed by atoms with Crippen molar-refractivity contribution in [3.63, 3.8) is 0 Å². The smallest absolute Gasteiger partial charge is 0.0656 e.